The quantitative estimate of drug-likeness (QED) is 0.886. The lowest BCUT2D eigenvalue weighted by Gasteiger charge is -2.15. The van der Waals surface area contributed by atoms with Gasteiger partial charge in [0.1, 0.15) is 0 Å². The van der Waals surface area contributed by atoms with Gasteiger partial charge in [-0.1, -0.05) is 13.3 Å². The number of hydrogen-bond donors (Lipinski definition) is 1. The van der Waals surface area contributed by atoms with Crippen molar-refractivity contribution in [2.24, 2.45) is 5.41 Å². The molecular formula is C12H16BrFN2. The number of hydrogen-bond acceptors (Lipinski definition) is 2. The molecule has 0 spiro atoms. The average molecular weight is 287 g/mol. The largest absolute Gasteiger partial charge is 0.367 e. The molecule has 88 valence electrons. The second-order valence-electron chi connectivity index (χ2n) is 4.59. The number of nitrogens with zero attached hydrogens (tertiary/aromatic N) is 1. The van der Waals surface area contributed by atoms with Crippen LogP contribution in [0.3, 0.4) is 0 Å². The van der Waals surface area contributed by atoms with Crippen molar-refractivity contribution in [1.29, 1.82) is 0 Å². The molecular weight excluding hydrogens is 271 g/mol. The lowest BCUT2D eigenvalue weighted by Crippen LogP contribution is -2.16. The van der Waals surface area contributed by atoms with Gasteiger partial charge in [0, 0.05) is 17.2 Å². The van der Waals surface area contributed by atoms with Crippen molar-refractivity contribution in [3.8, 4) is 0 Å². The maximum atomic E-state index is 13.5. The highest BCUT2D eigenvalue weighted by Gasteiger charge is 2.41. The molecule has 4 heteroatoms. The smallest absolute Gasteiger partial charge is 0.166 e. The lowest BCUT2D eigenvalue weighted by atomic mass is 10.0. The first-order valence-electron chi connectivity index (χ1n) is 5.70. The van der Waals surface area contributed by atoms with Crippen LogP contribution in [0.4, 0.5) is 10.2 Å². The molecule has 0 bridgehead atoms. The third-order valence-electron chi connectivity index (χ3n) is 3.18. The molecule has 1 aliphatic rings. The minimum absolute atomic E-state index is 0.290. The van der Waals surface area contributed by atoms with Crippen LogP contribution in [0.15, 0.2) is 16.7 Å². The minimum atomic E-state index is -0.290. The van der Waals surface area contributed by atoms with Crippen molar-refractivity contribution in [2.75, 3.05) is 11.9 Å². The molecule has 1 N–H and O–H groups in total. The SMILES string of the molecule is CCCC1(CNc2ncc(Br)cc2F)CC1. The molecule has 0 atom stereocenters. The summed E-state index contributed by atoms with van der Waals surface area (Å²) in [4.78, 5) is 4.04. The topological polar surface area (TPSA) is 24.9 Å². The molecule has 1 saturated carbocycles. The van der Waals surface area contributed by atoms with E-state index in [-0.39, 0.29) is 5.82 Å². The zero-order valence-electron chi connectivity index (χ0n) is 9.39. The summed E-state index contributed by atoms with van der Waals surface area (Å²) in [6, 6.07) is 1.44. The van der Waals surface area contributed by atoms with Crippen molar-refractivity contribution in [1.82, 2.24) is 4.98 Å². The van der Waals surface area contributed by atoms with Crippen LogP contribution >= 0.6 is 15.9 Å². The van der Waals surface area contributed by atoms with Crippen molar-refractivity contribution in [2.45, 2.75) is 32.6 Å². The van der Waals surface area contributed by atoms with Crippen molar-refractivity contribution >= 4 is 21.7 Å². The first kappa shape index (κ1) is 11.8. The van der Waals surface area contributed by atoms with E-state index in [0.717, 1.165) is 6.54 Å². The molecule has 0 radical (unpaired) electrons. The minimum Gasteiger partial charge on any atom is -0.367 e. The van der Waals surface area contributed by atoms with Crippen molar-refractivity contribution < 1.29 is 4.39 Å². The summed E-state index contributed by atoms with van der Waals surface area (Å²) in [5, 5.41) is 3.12. The highest BCUT2D eigenvalue weighted by Crippen LogP contribution is 2.49. The average Bonchev–Trinajstić information content (AvgIpc) is 2.98. The Morgan fingerprint density at radius 2 is 2.31 bits per heavy atom. The van der Waals surface area contributed by atoms with E-state index in [2.05, 4.69) is 33.2 Å². The fraction of sp³-hybridized carbons (Fsp3) is 0.583. The van der Waals surface area contributed by atoms with Gasteiger partial charge in [0.25, 0.3) is 0 Å². The fourth-order valence-electron chi connectivity index (χ4n) is 2.04. The van der Waals surface area contributed by atoms with Gasteiger partial charge in [-0.15, -0.1) is 0 Å². The number of anilines is 1. The van der Waals surface area contributed by atoms with E-state index in [1.807, 2.05) is 0 Å². The Morgan fingerprint density at radius 1 is 1.56 bits per heavy atom. The van der Waals surface area contributed by atoms with E-state index < -0.39 is 0 Å². The molecule has 1 aromatic rings. The molecule has 1 heterocycles. The van der Waals surface area contributed by atoms with Crippen LogP contribution in [0.25, 0.3) is 0 Å². The van der Waals surface area contributed by atoms with Gasteiger partial charge in [-0.2, -0.15) is 0 Å². The monoisotopic (exact) mass is 286 g/mol. The molecule has 0 saturated heterocycles. The highest BCUT2D eigenvalue weighted by molar-refractivity contribution is 9.10. The third-order valence-corrected chi connectivity index (χ3v) is 3.61. The maximum absolute atomic E-state index is 13.5. The van der Waals surface area contributed by atoms with Crippen molar-refractivity contribution in [3.05, 3.63) is 22.6 Å². The summed E-state index contributed by atoms with van der Waals surface area (Å²) < 4.78 is 14.1. The normalized spacial score (nSPS) is 17.2. The van der Waals surface area contributed by atoms with Crippen LogP contribution in [0.1, 0.15) is 32.6 Å². The van der Waals surface area contributed by atoms with Gasteiger partial charge in [-0.25, -0.2) is 9.37 Å². The summed E-state index contributed by atoms with van der Waals surface area (Å²) in [5.41, 5.74) is 0.413. The number of aromatic nitrogens is 1. The van der Waals surface area contributed by atoms with Crippen LogP contribution in [0.2, 0.25) is 0 Å². The molecule has 2 rings (SSSR count). The highest BCUT2D eigenvalue weighted by atomic mass is 79.9. The summed E-state index contributed by atoms with van der Waals surface area (Å²) >= 11 is 3.19. The van der Waals surface area contributed by atoms with Crippen LogP contribution in [-0.4, -0.2) is 11.5 Å². The van der Waals surface area contributed by atoms with E-state index >= 15 is 0 Å². The second-order valence-corrected chi connectivity index (χ2v) is 5.50. The van der Waals surface area contributed by atoms with Gasteiger partial charge < -0.3 is 5.32 Å². The second kappa shape index (κ2) is 4.70. The summed E-state index contributed by atoms with van der Waals surface area (Å²) in [6.07, 6.45) is 6.54. The zero-order valence-corrected chi connectivity index (χ0v) is 11.0. The van der Waals surface area contributed by atoms with E-state index in [4.69, 9.17) is 0 Å². The van der Waals surface area contributed by atoms with Gasteiger partial charge in [0.2, 0.25) is 0 Å². The predicted octanol–water partition coefficient (Wildman–Crippen LogP) is 3.98. The zero-order chi connectivity index (χ0) is 11.6. The van der Waals surface area contributed by atoms with Crippen molar-refractivity contribution in [3.63, 3.8) is 0 Å². The Hall–Kier alpha value is -0.640. The predicted molar refractivity (Wildman–Crippen MR) is 67.0 cm³/mol. The molecule has 0 aromatic carbocycles. The van der Waals surface area contributed by atoms with Crippen LogP contribution in [-0.2, 0) is 0 Å². The molecule has 16 heavy (non-hydrogen) atoms. The number of pyridine rings is 1. The van der Waals surface area contributed by atoms with Crippen LogP contribution in [0, 0.1) is 11.2 Å². The van der Waals surface area contributed by atoms with Gasteiger partial charge in [-0.3, -0.25) is 0 Å². The van der Waals surface area contributed by atoms with E-state index in [1.54, 1.807) is 6.20 Å². The number of nitrogens with one attached hydrogen (secondary N) is 1. The Labute approximate surface area is 104 Å². The van der Waals surface area contributed by atoms with Gasteiger partial charge in [-0.05, 0) is 46.7 Å². The molecule has 1 aromatic heterocycles. The molecule has 0 aliphatic heterocycles. The maximum Gasteiger partial charge on any atom is 0.166 e. The summed E-state index contributed by atoms with van der Waals surface area (Å²) in [6.45, 7) is 3.03. The first-order chi connectivity index (χ1) is 7.65. The fourth-order valence-corrected chi connectivity index (χ4v) is 2.34. The molecule has 1 aliphatic carbocycles. The van der Waals surface area contributed by atoms with Gasteiger partial charge >= 0.3 is 0 Å². The number of halogens is 2. The van der Waals surface area contributed by atoms with Gasteiger partial charge in [0.05, 0.1) is 0 Å². The molecule has 0 amide bonds. The van der Waals surface area contributed by atoms with Crippen LogP contribution < -0.4 is 5.32 Å². The number of rotatable bonds is 5. The first-order valence-corrected chi connectivity index (χ1v) is 6.49. The Balaban J connectivity index is 1.94. The van der Waals surface area contributed by atoms with E-state index in [0.29, 0.717) is 15.7 Å². The summed E-state index contributed by atoms with van der Waals surface area (Å²) in [7, 11) is 0. The van der Waals surface area contributed by atoms with Crippen LogP contribution in [0.5, 0.6) is 0 Å². The Morgan fingerprint density at radius 3 is 2.88 bits per heavy atom. The Kier molecular flexibility index (Phi) is 3.47. The van der Waals surface area contributed by atoms with Gasteiger partial charge in [0.15, 0.2) is 11.6 Å². The lowest BCUT2D eigenvalue weighted by molar-refractivity contribution is 0.483. The van der Waals surface area contributed by atoms with E-state index in [1.165, 1.54) is 31.7 Å². The summed E-state index contributed by atoms with van der Waals surface area (Å²) in [5.74, 6) is 0.0762. The Bertz CT molecular complexity index is 377. The molecule has 0 unspecified atom stereocenters. The molecule has 1 fully saturated rings. The molecule has 2 nitrogen and oxygen atoms in total. The van der Waals surface area contributed by atoms with E-state index in [9.17, 15) is 4.39 Å². The third kappa shape index (κ3) is 2.73. The standard InChI is InChI=1S/C12H16BrFN2/c1-2-3-12(4-5-12)8-16-11-10(14)6-9(13)7-15-11/h6-7H,2-5,8H2,1H3,(H,15,16).